The fourth-order valence-electron chi connectivity index (χ4n) is 4.43. The number of hydrogen-bond donors (Lipinski definition) is 0. The highest BCUT2D eigenvalue weighted by Gasteiger charge is 2.45. The van der Waals surface area contributed by atoms with Crippen LogP contribution in [0.1, 0.15) is 46.4 Å². The first-order chi connectivity index (χ1) is 13.7. The molecule has 1 aliphatic heterocycles. The Labute approximate surface area is 167 Å². The Hall–Kier alpha value is -2.64. The summed E-state index contributed by atoms with van der Waals surface area (Å²) in [6.45, 7) is 1.13. The summed E-state index contributed by atoms with van der Waals surface area (Å²) in [6.07, 6.45) is 1.04. The van der Waals surface area contributed by atoms with Crippen LogP contribution in [0.25, 0.3) is 0 Å². The Morgan fingerprint density at radius 2 is 1.90 bits per heavy atom. The number of halogens is 3. The summed E-state index contributed by atoms with van der Waals surface area (Å²) >= 11 is 0. The number of nitrogens with zero attached hydrogens (tertiary/aromatic N) is 4. The van der Waals surface area contributed by atoms with Crippen molar-refractivity contribution in [1.29, 1.82) is 0 Å². The minimum Gasteiger partial charge on any atom is -0.347 e. The van der Waals surface area contributed by atoms with Crippen LogP contribution in [0.4, 0.5) is 19.1 Å². The van der Waals surface area contributed by atoms with Gasteiger partial charge in [0.1, 0.15) is 0 Å². The Kier molecular flexibility index (Phi) is 4.75. The molecular weight excluding hydrogens is 381 g/mol. The molecule has 1 aliphatic carbocycles. The second-order valence-electron chi connectivity index (χ2n) is 8.12. The van der Waals surface area contributed by atoms with Gasteiger partial charge in [-0.15, -0.1) is 0 Å². The molecule has 0 N–H and O–H groups in total. The monoisotopic (exact) mass is 404 g/mol. The molecule has 1 aromatic heterocycles. The molecule has 0 radical (unpaired) electrons. The summed E-state index contributed by atoms with van der Waals surface area (Å²) in [4.78, 5) is 25.8. The molecule has 1 atom stereocenters. The van der Waals surface area contributed by atoms with Crippen molar-refractivity contribution in [3.05, 3.63) is 52.8 Å². The molecule has 2 aliphatic rings. The zero-order chi connectivity index (χ0) is 20.8. The Morgan fingerprint density at radius 3 is 2.55 bits per heavy atom. The van der Waals surface area contributed by atoms with E-state index in [9.17, 15) is 18.0 Å². The number of amides is 1. The number of piperidine rings is 1. The van der Waals surface area contributed by atoms with Gasteiger partial charge in [-0.2, -0.15) is 13.2 Å². The van der Waals surface area contributed by atoms with Gasteiger partial charge in [0.15, 0.2) is 0 Å². The second-order valence-corrected chi connectivity index (χ2v) is 8.12. The van der Waals surface area contributed by atoms with Crippen molar-refractivity contribution >= 4 is 11.9 Å². The standard InChI is InChI=1S/C21H23F3N4O/c1-27(2)19-25-12-15-8-10-20(17(15)26-19)9-3-11-28(13-20)18(29)14-4-6-16(7-5-14)21(22,23)24/h4-7,12H,3,8-11,13H2,1-2H3. The molecule has 8 heteroatoms. The van der Waals surface area contributed by atoms with Gasteiger partial charge in [-0.05, 0) is 55.5 Å². The predicted molar refractivity (Wildman–Crippen MR) is 103 cm³/mol. The van der Waals surface area contributed by atoms with Gasteiger partial charge in [-0.1, -0.05) is 0 Å². The van der Waals surface area contributed by atoms with E-state index in [1.807, 2.05) is 25.2 Å². The molecule has 1 spiro atoms. The van der Waals surface area contributed by atoms with Gasteiger partial charge in [0.2, 0.25) is 5.95 Å². The fraction of sp³-hybridized carbons (Fsp3) is 0.476. The number of carbonyl (C=O) groups is 1. The van der Waals surface area contributed by atoms with Crippen LogP contribution in [0.5, 0.6) is 0 Å². The largest absolute Gasteiger partial charge is 0.416 e. The number of carbonyl (C=O) groups excluding carboxylic acids is 1. The smallest absolute Gasteiger partial charge is 0.347 e. The maximum atomic E-state index is 13.0. The lowest BCUT2D eigenvalue weighted by Gasteiger charge is -2.40. The van der Waals surface area contributed by atoms with Crippen LogP contribution in [0.3, 0.4) is 0 Å². The topological polar surface area (TPSA) is 49.3 Å². The summed E-state index contributed by atoms with van der Waals surface area (Å²) in [7, 11) is 3.79. The molecule has 1 amide bonds. The van der Waals surface area contributed by atoms with Crippen LogP contribution in [0.15, 0.2) is 30.5 Å². The van der Waals surface area contributed by atoms with Crippen LogP contribution in [-0.2, 0) is 18.0 Å². The molecule has 0 saturated carbocycles. The van der Waals surface area contributed by atoms with Crippen molar-refractivity contribution in [3.8, 4) is 0 Å². The number of fused-ring (bicyclic) bond motifs is 2. The molecule has 1 aromatic carbocycles. The summed E-state index contributed by atoms with van der Waals surface area (Å²) in [5.41, 5.74) is 1.47. The molecule has 1 saturated heterocycles. The summed E-state index contributed by atoms with van der Waals surface area (Å²) in [5, 5.41) is 0. The lowest BCUT2D eigenvalue weighted by molar-refractivity contribution is -0.137. The van der Waals surface area contributed by atoms with Crippen molar-refractivity contribution in [2.24, 2.45) is 0 Å². The van der Waals surface area contributed by atoms with Crippen LogP contribution in [0, 0.1) is 0 Å². The Morgan fingerprint density at radius 1 is 1.17 bits per heavy atom. The Bertz CT molecular complexity index is 923. The van der Waals surface area contributed by atoms with Crippen molar-refractivity contribution in [2.75, 3.05) is 32.1 Å². The number of hydrogen-bond acceptors (Lipinski definition) is 4. The quantitative estimate of drug-likeness (QED) is 0.766. The summed E-state index contributed by atoms with van der Waals surface area (Å²) < 4.78 is 38.4. The normalized spacial score (nSPS) is 21.3. The highest BCUT2D eigenvalue weighted by Crippen LogP contribution is 2.44. The zero-order valence-corrected chi connectivity index (χ0v) is 16.5. The van der Waals surface area contributed by atoms with Crippen LogP contribution in [0.2, 0.25) is 0 Å². The van der Waals surface area contributed by atoms with E-state index in [1.165, 1.54) is 12.1 Å². The third-order valence-electron chi connectivity index (χ3n) is 5.95. The minimum absolute atomic E-state index is 0.206. The van der Waals surface area contributed by atoms with E-state index in [2.05, 4.69) is 4.98 Å². The van der Waals surface area contributed by atoms with Crippen molar-refractivity contribution < 1.29 is 18.0 Å². The number of benzene rings is 1. The fourth-order valence-corrected chi connectivity index (χ4v) is 4.43. The van der Waals surface area contributed by atoms with Crippen LogP contribution >= 0.6 is 0 Å². The molecule has 4 rings (SSSR count). The van der Waals surface area contributed by atoms with Gasteiger partial charge in [0, 0.05) is 44.4 Å². The van der Waals surface area contributed by atoms with E-state index in [1.54, 1.807) is 4.90 Å². The molecule has 1 unspecified atom stereocenters. The van der Waals surface area contributed by atoms with Crippen molar-refractivity contribution in [3.63, 3.8) is 0 Å². The third kappa shape index (κ3) is 3.56. The Balaban J connectivity index is 1.58. The summed E-state index contributed by atoms with van der Waals surface area (Å²) in [6, 6.07) is 4.46. The highest BCUT2D eigenvalue weighted by atomic mass is 19.4. The molecule has 2 aromatic rings. The van der Waals surface area contributed by atoms with Crippen LogP contribution < -0.4 is 4.90 Å². The molecule has 1 fully saturated rings. The molecule has 2 heterocycles. The van der Waals surface area contributed by atoms with Gasteiger partial charge in [0.05, 0.1) is 11.3 Å². The third-order valence-corrected chi connectivity index (χ3v) is 5.95. The highest BCUT2D eigenvalue weighted by molar-refractivity contribution is 5.94. The van der Waals surface area contributed by atoms with E-state index in [-0.39, 0.29) is 16.9 Å². The van der Waals surface area contributed by atoms with E-state index < -0.39 is 11.7 Å². The maximum Gasteiger partial charge on any atom is 0.416 e. The molecular formula is C21H23F3N4O. The number of rotatable bonds is 2. The second kappa shape index (κ2) is 7.00. The maximum absolute atomic E-state index is 13.0. The van der Waals surface area contributed by atoms with E-state index in [0.29, 0.717) is 19.0 Å². The molecule has 5 nitrogen and oxygen atoms in total. The molecule has 0 bridgehead atoms. The van der Waals surface area contributed by atoms with Gasteiger partial charge in [-0.25, -0.2) is 9.97 Å². The first-order valence-corrected chi connectivity index (χ1v) is 9.70. The first kappa shape index (κ1) is 19.7. The van der Waals surface area contributed by atoms with Crippen molar-refractivity contribution in [1.82, 2.24) is 14.9 Å². The number of alkyl halides is 3. The average molecular weight is 404 g/mol. The van der Waals surface area contributed by atoms with E-state index >= 15 is 0 Å². The zero-order valence-electron chi connectivity index (χ0n) is 16.5. The van der Waals surface area contributed by atoms with E-state index in [4.69, 9.17) is 4.98 Å². The van der Waals surface area contributed by atoms with E-state index in [0.717, 1.165) is 49.1 Å². The first-order valence-electron chi connectivity index (χ1n) is 9.70. The van der Waals surface area contributed by atoms with Gasteiger partial charge in [-0.3, -0.25) is 4.79 Å². The molecule has 29 heavy (non-hydrogen) atoms. The summed E-state index contributed by atoms with van der Waals surface area (Å²) in [5.74, 6) is 0.421. The average Bonchev–Trinajstić information content (AvgIpc) is 3.04. The van der Waals surface area contributed by atoms with Gasteiger partial charge >= 0.3 is 6.18 Å². The number of likely N-dealkylation sites (tertiary alicyclic amines) is 1. The van der Waals surface area contributed by atoms with Gasteiger partial charge in [0.25, 0.3) is 5.91 Å². The lowest BCUT2D eigenvalue weighted by Crippen LogP contribution is -2.48. The number of aryl methyl sites for hydroxylation is 1. The number of anilines is 1. The number of aromatic nitrogens is 2. The SMILES string of the molecule is CN(C)c1ncc2c(n1)C1(CCCN(C(=O)c3ccc(C(F)(F)F)cc3)C1)CC2. The lowest BCUT2D eigenvalue weighted by atomic mass is 9.77. The minimum atomic E-state index is -4.41. The van der Waals surface area contributed by atoms with Crippen LogP contribution in [-0.4, -0.2) is 48.0 Å². The van der Waals surface area contributed by atoms with Crippen molar-refractivity contribution in [2.45, 2.75) is 37.3 Å². The predicted octanol–water partition coefficient (Wildman–Crippen LogP) is 3.68. The van der Waals surface area contributed by atoms with Gasteiger partial charge < -0.3 is 9.80 Å². The molecule has 154 valence electrons.